The molecule has 27 heavy (non-hydrogen) atoms. The standard InChI is InChI=1S/C21H22N2O4/c1-27-20(26)9-11-23-14-17(12-15-4-3-10-22-13-15)21-16(7-8-19(24)25)5-2-6-18(21)23/h3,5,10,13-15H,4,7-9,11-12H2,1H3,(H,24,25). The molecule has 1 aliphatic rings. The third-order valence-corrected chi connectivity index (χ3v) is 4.72. The van der Waals surface area contributed by atoms with Crippen molar-refractivity contribution in [3.63, 3.8) is 0 Å². The Labute approximate surface area is 158 Å². The zero-order valence-electron chi connectivity index (χ0n) is 15.3. The third kappa shape index (κ3) is 4.56. The lowest BCUT2D eigenvalue weighted by molar-refractivity contribution is -0.141. The molecular weight excluding hydrogens is 344 g/mol. The second-order valence-corrected chi connectivity index (χ2v) is 6.61. The fraction of sp³-hybridized carbons (Fsp3) is 0.381. The van der Waals surface area contributed by atoms with Gasteiger partial charge >= 0.3 is 11.9 Å². The number of carbonyl (C=O) groups excluding carboxylic acids is 1. The second kappa shape index (κ2) is 8.54. The molecule has 6 heteroatoms. The lowest BCUT2D eigenvalue weighted by Gasteiger charge is -2.12. The molecule has 3 rings (SSSR count). The molecule has 0 saturated carbocycles. The van der Waals surface area contributed by atoms with E-state index < -0.39 is 5.97 Å². The first-order valence-electron chi connectivity index (χ1n) is 8.98. The highest BCUT2D eigenvalue weighted by Crippen LogP contribution is 2.28. The average Bonchev–Trinajstić information content (AvgIpc) is 3.03. The minimum Gasteiger partial charge on any atom is -0.481 e. The molecule has 1 unspecified atom stereocenters. The number of fused-ring (bicyclic) bond motifs is 1. The van der Waals surface area contributed by atoms with Gasteiger partial charge < -0.3 is 14.4 Å². The normalized spacial score (nSPS) is 15.7. The van der Waals surface area contributed by atoms with Gasteiger partial charge in [-0.3, -0.25) is 14.6 Å². The molecule has 0 aliphatic carbocycles. The summed E-state index contributed by atoms with van der Waals surface area (Å²) >= 11 is 0. The van der Waals surface area contributed by atoms with Crippen molar-refractivity contribution in [3.05, 3.63) is 47.8 Å². The van der Waals surface area contributed by atoms with Crippen LogP contribution in [0.3, 0.4) is 0 Å². The van der Waals surface area contributed by atoms with Gasteiger partial charge in [-0.25, -0.2) is 0 Å². The number of aliphatic imine (C=N–C) groups is 1. The maximum atomic E-state index is 11.5. The minimum absolute atomic E-state index is 0.0629. The fourth-order valence-electron chi connectivity index (χ4n) is 3.40. The SMILES string of the molecule is COC(=O)CCn1cc(CC2C=NC=CC2)c2c(CCC(=O)O)cc#cc21. The van der Waals surface area contributed by atoms with Crippen molar-refractivity contribution in [2.45, 2.75) is 38.6 Å². The summed E-state index contributed by atoms with van der Waals surface area (Å²) < 4.78 is 6.72. The van der Waals surface area contributed by atoms with E-state index in [-0.39, 0.29) is 18.8 Å². The molecule has 0 amide bonds. The number of carbonyl (C=O) groups is 2. The van der Waals surface area contributed by atoms with Crippen LogP contribution in [0.1, 0.15) is 30.4 Å². The van der Waals surface area contributed by atoms with Gasteiger partial charge in [0.25, 0.3) is 0 Å². The fourth-order valence-corrected chi connectivity index (χ4v) is 3.40. The molecule has 2 aromatic rings. The Morgan fingerprint density at radius 2 is 2.22 bits per heavy atom. The summed E-state index contributed by atoms with van der Waals surface area (Å²) in [6, 6.07) is 7.95. The first-order valence-corrected chi connectivity index (χ1v) is 8.98. The van der Waals surface area contributed by atoms with Gasteiger partial charge in [-0.2, -0.15) is 0 Å². The van der Waals surface area contributed by atoms with E-state index in [1.807, 2.05) is 29.1 Å². The van der Waals surface area contributed by atoms with E-state index in [2.05, 4.69) is 17.1 Å². The highest BCUT2D eigenvalue weighted by Gasteiger charge is 2.17. The van der Waals surface area contributed by atoms with Crippen molar-refractivity contribution in [1.29, 1.82) is 0 Å². The number of aryl methyl sites for hydroxylation is 2. The zero-order valence-corrected chi connectivity index (χ0v) is 15.3. The number of nitrogens with zero attached hydrogens (tertiary/aromatic N) is 2. The van der Waals surface area contributed by atoms with Gasteiger partial charge in [0.1, 0.15) is 5.52 Å². The van der Waals surface area contributed by atoms with Crippen molar-refractivity contribution in [3.8, 4) is 0 Å². The molecular formula is C21H22N2O4. The number of esters is 1. The molecule has 0 bridgehead atoms. The molecule has 1 N–H and O–H groups in total. The Bertz CT molecular complexity index is 895. The van der Waals surface area contributed by atoms with Gasteiger partial charge in [0.15, 0.2) is 0 Å². The number of hydrogen-bond donors (Lipinski definition) is 1. The van der Waals surface area contributed by atoms with Gasteiger partial charge in [-0.05, 0) is 42.5 Å². The number of carboxylic acid groups (broad SMARTS) is 1. The number of ether oxygens (including phenoxy) is 1. The smallest absolute Gasteiger partial charge is 0.307 e. The minimum atomic E-state index is -0.827. The van der Waals surface area contributed by atoms with Crippen LogP contribution in [0.15, 0.2) is 29.5 Å². The van der Waals surface area contributed by atoms with E-state index in [1.54, 1.807) is 6.20 Å². The van der Waals surface area contributed by atoms with Crippen LogP contribution in [-0.4, -0.2) is 34.9 Å². The highest BCUT2D eigenvalue weighted by molar-refractivity contribution is 5.87. The average molecular weight is 366 g/mol. The lowest BCUT2D eigenvalue weighted by Crippen LogP contribution is -2.08. The molecule has 1 aromatic heterocycles. The van der Waals surface area contributed by atoms with Crippen LogP contribution in [0.2, 0.25) is 0 Å². The van der Waals surface area contributed by atoms with Crippen molar-refractivity contribution in [2.75, 3.05) is 7.11 Å². The number of allylic oxidation sites excluding steroid dienone is 1. The molecule has 140 valence electrons. The topological polar surface area (TPSA) is 80.9 Å². The largest absolute Gasteiger partial charge is 0.481 e. The van der Waals surface area contributed by atoms with E-state index >= 15 is 0 Å². The van der Waals surface area contributed by atoms with E-state index in [1.165, 1.54) is 7.11 Å². The molecule has 0 fully saturated rings. The molecule has 0 radical (unpaired) electrons. The van der Waals surface area contributed by atoms with Gasteiger partial charge in [0.2, 0.25) is 0 Å². The van der Waals surface area contributed by atoms with Crippen molar-refractivity contribution < 1.29 is 19.4 Å². The summed E-state index contributed by atoms with van der Waals surface area (Å²) in [5, 5.41) is 10.1. The first-order chi connectivity index (χ1) is 13.1. The Hall–Kier alpha value is -3.07. The summed E-state index contributed by atoms with van der Waals surface area (Å²) in [6.45, 7) is 0.481. The van der Waals surface area contributed by atoms with Gasteiger partial charge in [0, 0.05) is 42.9 Å². The predicted octanol–water partition coefficient (Wildman–Crippen LogP) is 2.97. The quantitative estimate of drug-likeness (QED) is 0.728. The number of carboxylic acids is 1. The molecule has 1 atom stereocenters. The van der Waals surface area contributed by atoms with Crippen molar-refractivity contribution in [2.24, 2.45) is 10.9 Å². The first kappa shape index (κ1) is 18.7. The number of aromatic nitrogens is 1. The third-order valence-electron chi connectivity index (χ3n) is 4.72. The Morgan fingerprint density at radius 1 is 1.37 bits per heavy atom. The summed E-state index contributed by atoms with van der Waals surface area (Å²) in [6.07, 6.45) is 10.3. The van der Waals surface area contributed by atoms with Crippen LogP contribution in [0.4, 0.5) is 0 Å². The monoisotopic (exact) mass is 366 g/mol. The Kier molecular flexibility index (Phi) is 5.92. The Balaban J connectivity index is 1.96. The van der Waals surface area contributed by atoms with Crippen LogP contribution in [-0.2, 0) is 33.7 Å². The van der Waals surface area contributed by atoms with E-state index in [9.17, 15) is 9.59 Å². The van der Waals surface area contributed by atoms with Crippen LogP contribution in [0, 0.1) is 18.1 Å². The summed E-state index contributed by atoms with van der Waals surface area (Å²) in [4.78, 5) is 26.8. The maximum absolute atomic E-state index is 11.5. The molecule has 1 aliphatic heterocycles. The molecule has 0 saturated heterocycles. The van der Waals surface area contributed by atoms with Crippen molar-refractivity contribution >= 4 is 29.1 Å². The summed E-state index contributed by atoms with van der Waals surface area (Å²) in [5.41, 5.74) is 2.91. The van der Waals surface area contributed by atoms with E-state index in [0.29, 0.717) is 18.9 Å². The van der Waals surface area contributed by atoms with Crippen molar-refractivity contribution in [1.82, 2.24) is 4.57 Å². The number of hydrogen-bond acceptors (Lipinski definition) is 4. The number of rotatable bonds is 8. The zero-order chi connectivity index (χ0) is 19.2. The van der Waals surface area contributed by atoms with Crippen LogP contribution >= 0.6 is 0 Å². The lowest BCUT2D eigenvalue weighted by atomic mass is 9.94. The second-order valence-electron chi connectivity index (χ2n) is 6.61. The molecule has 6 nitrogen and oxygen atoms in total. The van der Waals surface area contributed by atoms with E-state index in [4.69, 9.17) is 9.84 Å². The molecule has 2 heterocycles. The molecule has 1 aromatic carbocycles. The van der Waals surface area contributed by atoms with Crippen LogP contribution < -0.4 is 0 Å². The number of methoxy groups -OCH3 is 1. The molecule has 0 spiro atoms. The van der Waals surface area contributed by atoms with Crippen LogP contribution in [0.5, 0.6) is 0 Å². The highest BCUT2D eigenvalue weighted by atomic mass is 16.5. The maximum Gasteiger partial charge on any atom is 0.307 e. The Morgan fingerprint density at radius 3 is 2.93 bits per heavy atom. The van der Waals surface area contributed by atoms with Gasteiger partial charge in [-0.15, -0.1) is 0 Å². The van der Waals surface area contributed by atoms with Gasteiger partial charge in [-0.1, -0.05) is 12.1 Å². The number of aliphatic carboxylic acids is 1. The predicted molar refractivity (Wildman–Crippen MR) is 102 cm³/mol. The van der Waals surface area contributed by atoms with E-state index in [0.717, 1.165) is 34.9 Å². The summed E-state index contributed by atoms with van der Waals surface area (Å²) in [7, 11) is 1.38. The van der Waals surface area contributed by atoms with Crippen LogP contribution in [0.25, 0.3) is 10.9 Å². The van der Waals surface area contributed by atoms with Gasteiger partial charge in [0.05, 0.1) is 13.5 Å². The summed E-state index contributed by atoms with van der Waals surface area (Å²) in [5.74, 6) is -0.799.